The number of alkyl halides is 3. The molecule has 1 unspecified atom stereocenters. The molecule has 0 bridgehead atoms. The molecule has 0 spiro atoms. The quantitative estimate of drug-likeness (QED) is 0.230. The van der Waals surface area contributed by atoms with Gasteiger partial charge in [0.2, 0.25) is 5.76 Å². The van der Waals surface area contributed by atoms with Gasteiger partial charge in [-0.3, -0.25) is 4.79 Å². The van der Waals surface area contributed by atoms with Crippen LogP contribution in [0.1, 0.15) is 42.2 Å². The van der Waals surface area contributed by atoms with Crippen molar-refractivity contribution < 1.29 is 46.2 Å². The Morgan fingerprint density at radius 2 is 1.97 bits per heavy atom. The molecular weight excluding hydrogens is 530 g/mol. The van der Waals surface area contributed by atoms with Crippen molar-refractivity contribution in [2.45, 2.75) is 49.0 Å². The second-order valence-electron chi connectivity index (χ2n) is 8.63. The van der Waals surface area contributed by atoms with Gasteiger partial charge in [-0.2, -0.15) is 13.2 Å². The number of carboxylic acids is 1. The fourth-order valence-corrected chi connectivity index (χ4v) is 5.01. The molecule has 1 saturated carbocycles. The summed E-state index contributed by atoms with van der Waals surface area (Å²) in [5, 5.41) is 13.4. The molecule has 3 aromatic rings. The van der Waals surface area contributed by atoms with Crippen molar-refractivity contribution >= 4 is 17.7 Å². The highest BCUT2D eigenvalue weighted by molar-refractivity contribution is 8.00. The SMILES string of the molecule is COc1ccc(F)c(-c2onc(COc3cccc(C(CC(=O)O)SC4CC4)c3)c2OCCC(F)(F)F)c1. The Bertz CT molecular complexity index is 1260. The lowest BCUT2D eigenvalue weighted by molar-refractivity contribution is -0.139. The van der Waals surface area contributed by atoms with E-state index in [-0.39, 0.29) is 41.0 Å². The monoisotopic (exact) mass is 555 g/mol. The van der Waals surface area contributed by atoms with Crippen molar-refractivity contribution in [3.8, 4) is 28.6 Å². The molecule has 1 N–H and O–H groups in total. The molecule has 0 aliphatic heterocycles. The first-order valence-electron chi connectivity index (χ1n) is 11.7. The molecule has 1 aliphatic carbocycles. The van der Waals surface area contributed by atoms with E-state index in [1.807, 2.05) is 6.07 Å². The van der Waals surface area contributed by atoms with Gasteiger partial charge in [-0.05, 0) is 48.7 Å². The van der Waals surface area contributed by atoms with Crippen molar-refractivity contribution in [2.75, 3.05) is 13.7 Å². The van der Waals surface area contributed by atoms with E-state index in [4.69, 9.17) is 18.7 Å². The van der Waals surface area contributed by atoms with Gasteiger partial charge in [0.05, 0.1) is 32.1 Å². The van der Waals surface area contributed by atoms with Gasteiger partial charge in [-0.15, -0.1) is 11.8 Å². The van der Waals surface area contributed by atoms with Gasteiger partial charge in [0.1, 0.15) is 23.9 Å². The number of thioether (sulfide) groups is 1. The summed E-state index contributed by atoms with van der Waals surface area (Å²) in [5.41, 5.74) is 0.715. The molecule has 7 nitrogen and oxygen atoms in total. The van der Waals surface area contributed by atoms with E-state index in [0.29, 0.717) is 16.7 Å². The number of aromatic nitrogens is 1. The standard InChI is InChI=1S/C26H25F4NO6S/c1-34-16-5-8-20(27)19(12-16)24-25(35-10-9-26(28,29)30)21(31-37-24)14-36-17-4-2-3-15(11-17)22(13-23(32)33)38-18-6-7-18/h2-5,8,11-12,18,22H,6-7,9-10,13-14H2,1H3,(H,32,33). The molecule has 0 amide bonds. The molecule has 0 saturated heterocycles. The smallest absolute Gasteiger partial charge is 0.392 e. The predicted octanol–water partition coefficient (Wildman–Crippen LogP) is 6.81. The predicted molar refractivity (Wildman–Crippen MR) is 131 cm³/mol. The summed E-state index contributed by atoms with van der Waals surface area (Å²) >= 11 is 1.61. The van der Waals surface area contributed by atoms with Gasteiger partial charge in [0, 0.05) is 10.5 Å². The Morgan fingerprint density at radius 1 is 1.18 bits per heavy atom. The topological polar surface area (TPSA) is 91.0 Å². The van der Waals surface area contributed by atoms with Crippen molar-refractivity contribution in [1.29, 1.82) is 0 Å². The zero-order valence-electron chi connectivity index (χ0n) is 20.3. The maximum absolute atomic E-state index is 14.6. The van der Waals surface area contributed by atoms with Crippen LogP contribution in [0.3, 0.4) is 0 Å². The lowest BCUT2D eigenvalue weighted by Crippen LogP contribution is -2.13. The van der Waals surface area contributed by atoms with Crippen LogP contribution in [0.5, 0.6) is 17.2 Å². The van der Waals surface area contributed by atoms with Gasteiger partial charge >= 0.3 is 12.1 Å². The lowest BCUT2D eigenvalue weighted by Gasteiger charge is -2.16. The molecule has 38 heavy (non-hydrogen) atoms. The van der Waals surface area contributed by atoms with Gasteiger partial charge in [-0.25, -0.2) is 4.39 Å². The van der Waals surface area contributed by atoms with Crippen LogP contribution in [0, 0.1) is 5.82 Å². The third-order valence-corrected chi connectivity index (χ3v) is 7.24. The minimum Gasteiger partial charge on any atom is -0.497 e. The third kappa shape index (κ3) is 7.56. The first-order valence-corrected chi connectivity index (χ1v) is 12.7. The summed E-state index contributed by atoms with van der Waals surface area (Å²) in [6.45, 7) is -0.986. The highest BCUT2D eigenvalue weighted by Gasteiger charge is 2.30. The summed E-state index contributed by atoms with van der Waals surface area (Å²) in [6.07, 6.45) is -3.63. The number of nitrogens with zero attached hydrogens (tertiary/aromatic N) is 1. The third-order valence-electron chi connectivity index (χ3n) is 5.61. The fourth-order valence-electron chi connectivity index (χ4n) is 3.60. The first-order chi connectivity index (χ1) is 18.1. The van der Waals surface area contributed by atoms with E-state index in [1.54, 1.807) is 30.0 Å². The maximum Gasteiger partial charge on any atom is 0.392 e. The van der Waals surface area contributed by atoms with Crippen molar-refractivity contribution in [2.24, 2.45) is 0 Å². The average molecular weight is 556 g/mol. The largest absolute Gasteiger partial charge is 0.497 e. The van der Waals surface area contributed by atoms with Gasteiger partial charge < -0.3 is 23.8 Å². The van der Waals surface area contributed by atoms with E-state index in [9.17, 15) is 27.5 Å². The molecular formula is C26H25F4NO6S. The summed E-state index contributed by atoms with van der Waals surface area (Å²) in [6, 6.07) is 10.8. The fraction of sp³-hybridized carbons (Fsp3) is 0.385. The molecule has 1 aromatic heterocycles. The Kier molecular flexibility index (Phi) is 8.70. The number of carbonyl (C=O) groups is 1. The Labute approximate surface area is 220 Å². The highest BCUT2D eigenvalue weighted by atomic mass is 32.2. The van der Waals surface area contributed by atoms with Crippen LogP contribution in [-0.4, -0.2) is 41.4 Å². The maximum atomic E-state index is 14.6. The van der Waals surface area contributed by atoms with Crippen molar-refractivity contribution in [3.05, 3.63) is 59.5 Å². The Balaban J connectivity index is 1.56. The number of ether oxygens (including phenoxy) is 3. The number of halogens is 4. The van der Waals surface area contributed by atoms with E-state index in [0.717, 1.165) is 24.5 Å². The second-order valence-corrected chi connectivity index (χ2v) is 10.1. The minimum absolute atomic E-state index is 0.0317. The van der Waals surface area contributed by atoms with E-state index >= 15 is 0 Å². The van der Waals surface area contributed by atoms with Crippen LogP contribution in [-0.2, 0) is 11.4 Å². The number of benzene rings is 2. The zero-order valence-corrected chi connectivity index (χ0v) is 21.1. The normalized spacial score (nSPS) is 14.2. The molecule has 12 heteroatoms. The summed E-state index contributed by atoms with van der Waals surface area (Å²) in [4.78, 5) is 11.4. The molecule has 1 aliphatic rings. The summed E-state index contributed by atoms with van der Waals surface area (Å²) in [7, 11) is 1.38. The van der Waals surface area contributed by atoms with Crippen LogP contribution < -0.4 is 14.2 Å². The van der Waals surface area contributed by atoms with Gasteiger partial charge in [0.15, 0.2) is 11.4 Å². The van der Waals surface area contributed by atoms with Crippen LogP contribution in [0.2, 0.25) is 0 Å². The van der Waals surface area contributed by atoms with Crippen LogP contribution in [0.25, 0.3) is 11.3 Å². The van der Waals surface area contributed by atoms with Gasteiger partial charge in [-0.1, -0.05) is 17.3 Å². The van der Waals surface area contributed by atoms with Crippen LogP contribution >= 0.6 is 11.8 Å². The molecule has 1 atom stereocenters. The summed E-state index contributed by atoms with van der Waals surface area (Å²) < 4.78 is 74.4. The Hall–Kier alpha value is -3.41. The zero-order chi connectivity index (χ0) is 27.3. The second kappa shape index (κ2) is 12.0. The van der Waals surface area contributed by atoms with Crippen molar-refractivity contribution in [1.82, 2.24) is 5.16 Å². The number of carboxylic acid groups (broad SMARTS) is 1. The first kappa shape index (κ1) is 27.6. The summed E-state index contributed by atoms with van der Waals surface area (Å²) in [5.74, 6) is -1.29. The number of methoxy groups -OCH3 is 1. The molecule has 2 aromatic carbocycles. The van der Waals surface area contributed by atoms with Crippen LogP contribution in [0.15, 0.2) is 47.0 Å². The number of rotatable bonds is 13. The molecule has 1 fully saturated rings. The van der Waals surface area contributed by atoms with Crippen LogP contribution in [0.4, 0.5) is 17.6 Å². The average Bonchev–Trinajstić information content (AvgIpc) is 3.60. The minimum atomic E-state index is -4.46. The van der Waals surface area contributed by atoms with E-state index in [1.165, 1.54) is 19.2 Å². The van der Waals surface area contributed by atoms with E-state index in [2.05, 4.69) is 5.16 Å². The number of aliphatic carboxylic acids is 1. The van der Waals surface area contributed by atoms with E-state index < -0.39 is 31.0 Å². The van der Waals surface area contributed by atoms with Gasteiger partial charge in [0.25, 0.3) is 0 Å². The number of hydrogen-bond acceptors (Lipinski definition) is 7. The molecule has 1 heterocycles. The molecule has 204 valence electrons. The molecule has 0 radical (unpaired) electrons. The van der Waals surface area contributed by atoms with Crippen molar-refractivity contribution in [3.63, 3.8) is 0 Å². The molecule has 4 rings (SSSR count). The lowest BCUT2D eigenvalue weighted by atomic mass is 10.1. The Morgan fingerprint density at radius 3 is 2.66 bits per heavy atom. The number of hydrogen-bond donors (Lipinski definition) is 1. The highest BCUT2D eigenvalue weighted by Crippen LogP contribution is 2.45.